The molecule has 0 spiro atoms. The third kappa shape index (κ3) is 2.99. The van der Waals surface area contributed by atoms with Gasteiger partial charge in [-0.15, -0.1) is 11.3 Å². The van der Waals surface area contributed by atoms with Crippen LogP contribution in [0.15, 0.2) is 65.7 Å². The van der Waals surface area contributed by atoms with Crippen LogP contribution in [0.1, 0.15) is 25.3 Å². The minimum absolute atomic E-state index is 0.00941. The molecule has 0 atom stereocenters. The van der Waals surface area contributed by atoms with Crippen LogP contribution in [-0.4, -0.2) is 20.8 Å². The molecule has 0 unspecified atom stereocenters. The lowest BCUT2D eigenvalue weighted by Gasteiger charge is -2.42. The molecule has 0 bridgehead atoms. The van der Waals surface area contributed by atoms with E-state index in [-0.39, 0.29) is 11.7 Å². The lowest BCUT2D eigenvalue weighted by atomic mass is 9.70. The van der Waals surface area contributed by atoms with Gasteiger partial charge in [-0.2, -0.15) is 0 Å². The molecule has 3 N–H and O–H groups in total. The Bertz CT molecular complexity index is 1270. The zero-order valence-electron chi connectivity index (χ0n) is 16.7. The second kappa shape index (κ2) is 7.16. The zero-order valence-corrected chi connectivity index (χ0v) is 17.5. The van der Waals surface area contributed by atoms with Gasteiger partial charge in [-0.25, -0.2) is 4.98 Å². The first kappa shape index (κ1) is 19.2. The van der Waals surface area contributed by atoms with Gasteiger partial charge in [-0.3, -0.25) is 9.36 Å². The van der Waals surface area contributed by atoms with E-state index in [0.29, 0.717) is 24.8 Å². The van der Waals surface area contributed by atoms with Crippen molar-refractivity contribution < 1.29 is 5.11 Å². The molecule has 1 aliphatic carbocycles. The highest BCUT2D eigenvalue weighted by Crippen LogP contribution is 2.44. The second-order valence-corrected chi connectivity index (χ2v) is 8.98. The molecule has 30 heavy (non-hydrogen) atoms. The van der Waals surface area contributed by atoms with E-state index in [2.05, 4.69) is 17.1 Å². The van der Waals surface area contributed by atoms with E-state index < -0.39 is 5.54 Å². The Kier molecular flexibility index (Phi) is 4.58. The molecule has 0 saturated heterocycles. The van der Waals surface area contributed by atoms with Crippen molar-refractivity contribution in [1.82, 2.24) is 9.55 Å². The van der Waals surface area contributed by atoms with Gasteiger partial charge in [0, 0.05) is 22.5 Å². The summed E-state index contributed by atoms with van der Waals surface area (Å²) in [5.41, 5.74) is 9.98. The SMILES string of the molecule is CCn1cnc2sc(-c3ccc(C4(N)CC(O)C4)cc3)c(-c3ccccc3)c2c1=O. The summed E-state index contributed by atoms with van der Waals surface area (Å²) in [6.07, 6.45) is 2.49. The number of thiophene rings is 1. The number of benzene rings is 2. The van der Waals surface area contributed by atoms with Crippen molar-refractivity contribution in [1.29, 1.82) is 0 Å². The first-order valence-corrected chi connectivity index (χ1v) is 11.0. The Morgan fingerprint density at radius 1 is 1.13 bits per heavy atom. The highest BCUT2D eigenvalue weighted by atomic mass is 32.1. The molecule has 2 aromatic carbocycles. The van der Waals surface area contributed by atoms with Gasteiger partial charge in [0.15, 0.2) is 0 Å². The predicted octanol–water partition coefficient (Wildman–Crippen LogP) is 4.12. The number of nitrogens with zero attached hydrogens (tertiary/aromatic N) is 2. The van der Waals surface area contributed by atoms with Crippen LogP contribution in [0.4, 0.5) is 0 Å². The van der Waals surface area contributed by atoms with E-state index in [9.17, 15) is 9.90 Å². The molecule has 152 valence electrons. The number of fused-ring (bicyclic) bond motifs is 1. The van der Waals surface area contributed by atoms with E-state index in [1.807, 2.05) is 49.4 Å². The average Bonchev–Trinajstić information content (AvgIpc) is 3.14. The van der Waals surface area contributed by atoms with Crippen molar-refractivity contribution in [2.75, 3.05) is 0 Å². The molecule has 4 aromatic rings. The van der Waals surface area contributed by atoms with Crippen molar-refractivity contribution >= 4 is 21.6 Å². The minimum Gasteiger partial charge on any atom is -0.393 e. The molecule has 5 nitrogen and oxygen atoms in total. The summed E-state index contributed by atoms with van der Waals surface area (Å²) in [5.74, 6) is 0. The number of aryl methyl sites for hydroxylation is 1. The number of aromatic nitrogens is 2. The third-order valence-corrected chi connectivity index (χ3v) is 7.15. The van der Waals surface area contributed by atoms with Gasteiger partial charge in [-0.1, -0.05) is 54.6 Å². The highest BCUT2D eigenvalue weighted by molar-refractivity contribution is 7.22. The van der Waals surface area contributed by atoms with E-state index in [1.54, 1.807) is 22.2 Å². The topological polar surface area (TPSA) is 81.1 Å². The Morgan fingerprint density at radius 2 is 1.83 bits per heavy atom. The van der Waals surface area contributed by atoms with Crippen molar-refractivity contribution in [2.24, 2.45) is 5.73 Å². The van der Waals surface area contributed by atoms with Crippen molar-refractivity contribution in [3.8, 4) is 21.6 Å². The summed E-state index contributed by atoms with van der Waals surface area (Å²) in [7, 11) is 0. The van der Waals surface area contributed by atoms with Crippen molar-refractivity contribution in [2.45, 2.75) is 38.0 Å². The fraction of sp³-hybridized carbons (Fsp3) is 0.250. The maximum Gasteiger partial charge on any atom is 0.262 e. The molecule has 6 heteroatoms. The molecule has 1 fully saturated rings. The van der Waals surface area contributed by atoms with Gasteiger partial charge in [0.25, 0.3) is 5.56 Å². The summed E-state index contributed by atoms with van der Waals surface area (Å²) in [4.78, 5) is 19.5. The quantitative estimate of drug-likeness (QED) is 0.523. The van der Waals surface area contributed by atoms with Crippen LogP contribution in [-0.2, 0) is 12.1 Å². The fourth-order valence-corrected chi connectivity index (χ4v) is 5.47. The highest BCUT2D eigenvalue weighted by Gasteiger charge is 2.41. The maximum absolute atomic E-state index is 13.2. The second-order valence-electron chi connectivity index (χ2n) is 7.98. The summed E-state index contributed by atoms with van der Waals surface area (Å²) in [5, 5.41) is 10.3. The molecule has 2 aromatic heterocycles. The Morgan fingerprint density at radius 3 is 2.47 bits per heavy atom. The van der Waals surface area contributed by atoms with E-state index >= 15 is 0 Å². The van der Waals surface area contributed by atoms with Crippen LogP contribution in [0.3, 0.4) is 0 Å². The molecule has 0 radical (unpaired) electrons. The van der Waals surface area contributed by atoms with E-state index in [1.165, 1.54) is 0 Å². The van der Waals surface area contributed by atoms with Crippen LogP contribution in [0.2, 0.25) is 0 Å². The smallest absolute Gasteiger partial charge is 0.262 e. The van der Waals surface area contributed by atoms with Gasteiger partial charge in [0.2, 0.25) is 0 Å². The molecular formula is C24H23N3O2S. The van der Waals surface area contributed by atoms with Gasteiger partial charge in [0.1, 0.15) is 4.83 Å². The predicted molar refractivity (Wildman–Crippen MR) is 122 cm³/mol. The number of aliphatic hydroxyl groups is 1. The fourth-order valence-electron chi connectivity index (χ4n) is 4.31. The minimum atomic E-state index is -0.448. The molecule has 0 amide bonds. The monoisotopic (exact) mass is 417 g/mol. The first-order valence-electron chi connectivity index (χ1n) is 10.2. The van der Waals surface area contributed by atoms with Crippen molar-refractivity contribution in [3.05, 3.63) is 76.8 Å². The molecule has 5 rings (SSSR count). The summed E-state index contributed by atoms with van der Waals surface area (Å²) in [6, 6.07) is 18.2. The van der Waals surface area contributed by atoms with E-state index in [4.69, 9.17) is 5.73 Å². The maximum atomic E-state index is 13.2. The van der Waals surface area contributed by atoms with Crippen LogP contribution >= 0.6 is 11.3 Å². The van der Waals surface area contributed by atoms with Gasteiger partial charge >= 0.3 is 0 Å². The number of aliphatic hydroxyl groups excluding tert-OH is 1. The lowest BCUT2D eigenvalue weighted by molar-refractivity contribution is 0.0209. The summed E-state index contributed by atoms with van der Waals surface area (Å²) in [6.45, 7) is 2.53. The third-order valence-electron chi connectivity index (χ3n) is 6.00. The molecule has 1 saturated carbocycles. The van der Waals surface area contributed by atoms with Crippen LogP contribution in [0, 0.1) is 0 Å². The molecular weight excluding hydrogens is 394 g/mol. The average molecular weight is 418 g/mol. The van der Waals surface area contributed by atoms with Gasteiger partial charge < -0.3 is 10.8 Å². The largest absolute Gasteiger partial charge is 0.393 e. The normalized spacial score (nSPS) is 21.0. The Hall–Kier alpha value is -2.80. The molecule has 2 heterocycles. The van der Waals surface area contributed by atoms with Gasteiger partial charge in [-0.05, 0) is 36.5 Å². The number of hydrogen-bond donors (Lipinski definition) is 2. The summed E-state index contributed by atoms with van der Waals surface area (Å²) >= 11 is 1.54. The summed E-state index contributed by atoms with van der Waals surface area (Å²) < 4.78 is 1.65. The van der Waals surface area contributed by atoms with Crippen molar-refractivity contribution in [3.63, 3.8) is 0 Å². The van der Waals surface area contributed by atoms with E-state index in [0.717, 1.165) is 32.0 Å². The Labute approximate surface area is 178 Å². The lowest BCUT2D eigenvalue weighted by Crippen LogP contribution is -2.51. The first-order chi connectivity index (χ1) is 14.5. The number of nitrogens with two attached hydrogens (primary N) is 1. The number of rotatable bonds is 4. The zero-order chi connectivity index (χ0) is 20.9. The Balaban J connectivity index is 1.69. The van der Waals surface area contributed by atoms with Crippen LogP contribution in [0.25, 0.3) is 31.8 Å². The van der Waals surface area contributed by atoms with Crippen LogP contribution < -0.4 is 11.3 Å². The van der Waals surface area contributed by atoms with Gasteiger partial charge in [0.05, 0.1) is 17.8 Å². The molecule has 0 aliphatic heterocycles. The van der Waals surface area contributed by atoms with Crippen LogP contribution in [0.5, 0.6) is 0 Å². The standard InChI is InChI=1S/C24H23N3O2S/c1-2-27-14-26-22-20(23(27)29)19(15-6-4-3-5-7-15)21(30-22)16-8-10-17(11-9-16)24(25)12-18(28)13-24/h3-11,14,18,28H,2,12-13,25H2,1H3. The molecule has 1 aliphatic rings. The number of hydrogen-bond acceptors (Lipinski definition) is 5.